The van der Waals surface area contributed by atoms with E-state index in [0.29, 0.717) is 6.61 Å². The molecule has 4 heteroatoms. The first kappa shape index (κ1) is 19.6. The summed E-state index contributed by atoms with van der Waals surface area (Å²) in [6, 6.07) is 21.3. The zero-order valence-electron chi connectivity index (χ0n) is 16.4. The van der Waals surface area contributed by atoms with Gasteiger partial charge in [0, 0.05) is 12.7 Å². The average Bonchev–Trinajstić information content (AvgIpc) is 3.07. The van der Waals surface area contributed by atoms with Gasteiger partial charge in [-0.15, -0.1) is 0 Å². The molecule has 0 aliphatic carbocycles. The molecule has 1 heterocycles. The van der Waals surface area contributed by atoms with Crippen molar-refractivity contribution in [1.82, 2.24) is 0 Å². The Balaban J connectivity index is 1.85. The van der Waals surface area contributed by atoms with Crippen LogP contribution >= 0.6 is 0 Å². The predicted molar refractivity (Wildman–Crippen MR) is 112 cm³/mol. The first-order valence-electron chi connectivity index (χ1n) is 9.57. The number of hydrogen-bond acceptors (Lipinski definition) is 3. The summed E-state index contributed by atoms with van der Waals surface area (Å²) in [7, 11) is -2.47. The highest BCUT2D eigenvalue weighted by Crippen LogP contribution is 2.36. The van der Waals surface area contributed by atoms with Crippen LogP contribution < -0.4 is 10.4 Å². The van der Waals surface area contributed by atoms with Crippen molar-refractivity contribution in [2.45, 2.75) is 44.8 Å². The fourth-order valence-electron chi connectivity index (χ4n) is 3.84. The molecular formula is C23H28O3Si. The summed E-state index contributed by atoms with van der Waals surface area (Å²) in [5.74, 6) is -0.243. The van der Waals surface area contributed by atoms with Gasteiger partial charge in [-0.3, -0.25) is 0 Å². The van der Waals surface area contributed by atoms with Crippen LogP contribution in [-0.2, 0) is 14.0 Å². The molecule has 1 aliphatic rings. The predicted octanol–water partition coefficient (Wildman–Crippen LogP) is 3.82. The van der Waals surface area contributed by atoms with Gasteiger partial charge in [0.05, 0.1) is 0 Å². The molecule has 0 bridgehead atoms. The Labute approximate surface area is 163 Å². The maximum absolute atomic E-state index is 11.2. The number of rotatable bonds is 7. The summed E-state index contributed by atoms with van der Waals surface area (Å²) in [6.07, 6.45) is 4.88. The Morgan fingerprint density at radius 1 is 0.963 bits per heavy atom. The summed E-state index contributed by atoms with van der Waals surface area (Å²) in [6.45, 7) is 7.48. The lowest BCUT2D eigenvalue weighted by atomic mass is 10.2. The second-order valence-electron chi connectivity index (χ2n) is 7.99. The number of hydrogen-bond donors (Lipinski definition) is 0. The monoisotopic (exact) mass is 380 g/mol. The van der Waals surface area contributed by atoms with Gasteiger partial charge in [-0.2, -0.15) is 0 Å². The molecule has 0 N–H and O–H groups in total. The van der Waals surface area contributed by atoms with E-state index < -0.39 is 8.32 Å². The third-order valence-electron chi connectivity index (χ3n) is 5.08. The minimum Gasteiger partial charge on any atom is -0.455 e. The zero-order chi connectivity index (χ0) is 19.3. The molecule has 0 saturated heterocycles. The van der Waals surface area contributed by atoms with Crippen molar-refractivity contribution < 1.29 is 14.0 Å². The molecule has 142 valence electrons. The van der Waals surface area contributed by atoms with Gasteiger partial charge in [0.15, 0.2) is 0 Å². The molecule has 0 spiro atoms. The Bertz CT molecular complexity index is 739. The second-order valence-corrected chi connectivity index (χ2v) is 12.3. The summed E-state index contributed by atoms with van der Waals surface area (Å²) in [5, 5.41) is 2.56. The topological polar surface area (TPSA) is 35.5 Å². The Morgan fingerprint density at radius 2 is 1.52 bits per heavy atom. The highest BCUT2D eigenvalue weighted by molar-refractivity contribution is 6.99. The highest BCUT2D eigenvalue weighted by Gasteiger charge is 2.49. The molecule has 27 heavy (non-hydrogen) atoms. The molecule has 0 unspecified atom stereocenters. The summed E-state index contributed by atoms with van der Waals surface area (Å²) in [5.41, 5.74) is 0. The molecule has 3 nitrogen and oxygen atoms in total. The first-order chi connectivity index (χ1) is 12.9. The van der Waals surface area contributed by atoms with E-state index in [1.54, 1.807) is 0 Å². The van der Waals surface area contributed by atoms with E-state index in [1.807, 2.05) is 6.08 Å². The van der Waals surface area contributed by atoms with Crippen LogP contribution in [0.1, 0.15) is 33.6 Å². The van der Waals surface area contributed by atoms with E-state index >= 15 is 0 Å². The van der Waals surface area contributed by atoms with Crippen LogP contribution in [-0.4, -0.2) is 27.0 Å². The van der Waals surface area contributed by atoms with Crippen LogP contribution in [0.25, 0.3) is 0 Å². The normalized spacial score (nSPS) is 17.1. The lowest BCUT2D eigenvalue weighted by molar-refractivity contribution is -0.138. The Hall–Kier alpha value is -2.17. The molecule has 2 aromatic carbocycles. The SMILES string of the molecule is CC(C)(C)[Si](OCCC[C@@H]1C=CC(=O)O1)(c1ccccc1)c1ccccc1. The maximum atomic E-state index is 11.2. The maximum Gasteiger partial charge on any atom is 0.331 e. The van der Waals surface area contributed by atoms with E-state index in [0.717, 1.165) is 12.8 Å². The van der Waals surface area contributed by atoms with Crippen LogP contribution in [0.5, 0.6) is 0 Å². The van der Waals surface area contributed by atoms with E-state index in [4.69, 9.17) is 9.16 Å². The molecule has 2 aromatic rings. The number of benzene rings is 2. The number of carbonyl (C=O) groups is 1. The molecular weight excluding hydrogens is 352 g/mol. The van der Waals surface area contributed by atoms with Crippen molar-refractivity contribution in [3.63, 3.8) is 0 Å². The van der Waals surface area contributed by atoms with Gasteiger partial charge in [-0.25, -0.2) is 4.79 Å². The molecule has 3 rings (SSSR count). The highest BCUT2D eigenvalue weighted by atomic mass is 28.4. The summed E-state index contributed by atoms with van der Waals surface area (Å²) >= 11 is 0. The van der Waals surface area contributed by atoms with Gasteiger partial charge in [0.2, 0.25) is 0 Å². The van der Waals surface area contributed by atoms with Crippen molar-refractivity contribution in [1.29, 1.82) is 0 Å². The lowest BCUT2D eigenvalue weighted by Gasteiger charge is -2.43. The standard InChI is InChI=1S/C23H28O3Si/c1-23(2,3)27(20-12-6-4-7-13-20,21-14-8-5-9-15-21)25-18-10-11-19-16-17-22(24)26-19/h4-9,12-17,19H,10-11,18H2,1-3H3/t19-/m1/s1. The molecule has 0 saturated carbocycles. The third-order valence-corrected chi connectivity index (χ3v) is 10.1. The molecule has 0 radical (unpaired) electrons. The van der Waals surface area contributed by atoms with Gasteiger partial charge in [0.1, 0.15) is 6.10 Å². The van der Waals surface area contributed by atoms with Gasteiger partial charge < -0.3 is 9.16 Å². The third kappa shape index (κ3) is 4.23. The Morgan fingerprint density at radius 3 is 1.96 bits per heavy atom. The van der Waals surface area contributed by atoms with Crippen molar-refractivity contribution in [3.05, 3.63) is 72.8 Å². The number of esters is 1. The fraction of sp³-hybridized carbons (Fsp3) is 0.348. The van der Waals surface area contributed by atoms with Gasteiger partial charge in [-0.05, 0) is 34.3 Å². The van der Waals surface area contributed by atoms with Crippen LogP contribution in [0, 0.1) is 0 Å². The van der Waals surface area contributed by atoms with Crippen molar-refractivity contribution >= 4 is 24.7 Å². The van der Waals surface area contributed by atoms with Crippen molar-refractivity contribution in [3.8, 4) is 0 Å². The van der Waals surface area contributed by atoms with Crippen molar-refractivity contribution in [2.24, 2.45) is 0 Å². The molecule has 1 atom stereocenters. The fourth-order valence-corrected chi connectivity index (χ4v) is 8.45. The zero-order valence-corrected chi connectivity index (χ0v) is 17.4. The molecule has 0 fully saturated rings. The second kappa shape index (κ2) is 8.24. The van der Waals surface area contributed by atoms with Crippen LogP contribution in [0.3, 0.4) is 0 Å². The van der Waals surface area contributed by atoms with E-state index in [1.165, 1.54) is 16.4 Å². The molecule has 0 aromatic heterocycles. The summed E-state index contributed by atoms with van der Waals surface area (Å²) in [4.78, 5) is 11.2. The molecule has 0 amide bonds. The first-order valence-corrected chi connectivity index (χ1v) is 11.5. The smallest absolute Gasteiger partial charge is 0.331 e. The van der Waals surface area contributed by atoms with Gasteiger partial charge in [-0.1, -0.05) is 81.4 Å². The van der Waals surface area contributed by atoms with Crippen LogP contribution in [0.2, 0.25) is 5.04 Å². The number of carbonyl (C=O) groups excluding carboxylic acids is 1. The van der Waals surface area contributed by atoms with Crippen LogP contribution in [0.15, 0.2) is 72.8 Å². The van der Waals surface area contributed by atoms with E-state index in [2.05, 4.69) is 81.4 Å². The van der Waals surface area contributed by atoms with Gasteiger partial charge >= 0.3 is 5.97 Å². The minimum atomic E-state index is -2.47. The summed E-state index contributed by atoms with van der Waals surface area (Å²) < 4.78 is 12.1. The van der Waals surface area contributed by atoms with Gasteiger partial charge in [0.25, 0.3) is 8.32 Å². The van der Waals surface area contributed by atoms with E-state index in [-0.39, 0.29) is 17.1 Å². The quantitative estimate of drug-likeness (QED) is 0.416. The largest absolute Gasteiger partial charge is 0.455 e. The lowest BCUT2D eigenvalue weighted by Crippen LogP contribution is -2.66. The average molecular weight is 381 g/mol. The van der Waals surface area contributed by atoms with Crippen molar-refractivity contribution in [2.75, 3.05) is 6.61 Å². The Kier molecular flexibility index (Phi) is 5.97. The van der Waals surface area contributed by atoms with Crippen LogP contribution in [0.4, 0.5) is 0 Å². The number of cyclic esters (lactones) is 1. The molecule has 1 aliphatic heterocycles. The minimum absolute atomic E-state index is 0.0184. The van der Waals surface area contributed by atoms with E-state index in [9.17, 15) is 4.79 Å². The number of ether oxygens (including phenoxy) is 1.